The highest BCUT2D eigenvalue weighted by Crippen LogP contribution is 2.16. The van der Waals surface area contributed by atoms with E-state index in [1.807, 2.05) is 0 Å². The van der Waals surface area contributed by atoms with E-state index in [4.69, 9.17) is 5.73 Å². The molecule has 1 rings (SSSR count). The molecule has 0 aromatic heterocycles. The molecule has 0 aliphatic heterocycles. The van der Waals surface area contributed by atoms with Crippen LogP contribution in [0.5, 0.6) is 0 Å². The highest BCUT2D eigenvalue weighted by Gasteiger charge is 2.24. The number of nitrogens with one attached hydrogen (secondary N) is 1. The summed E-state index contributed by atoms with van der Waals surface area (Å²) in [4.78, 5) is 21.6. The van der Waals surface area contributed by atoms with Crippen LogP contribution in [-0.4, -0.2) is 27.4 Å². The molecule has 0 atom stereocenters. The van der Waals surface area contributed by atoms with Crippen LogP contribution in [0.1, 0.15) is 0 Å². The first-order valence-electron chi connectivity index (χ1n) is 4.38. The number of benzene rings is 1. The summed E-state index contributed by atoms with van der Waals surface area (Å²) in [5.41, 5.74) is 5.41. The number of ether oxygens (including phenoxy) is 1. The van der Waals surface area contributed by atoms with Gasteiger partial charge in [0.05, 0.1) is 12.8 Å². The SMILES string of the molecule is COC(=O)C(=O)NS(=O)(=O)c1ccccc1N. The average Bonchev–Trinajstić information content (AvgIpc) is 2.27. The summed E-state index contributed by atoms with van der Waals surface area (Å²) >= 11 is 0. The van der Waals surface area contributed by atoms with Gasteiger partial charge in [0, 0.05) is 0 Å². The zero-order chi connectivity index (χ0) is 13.1. The number of hydrogen-bond acceptors (Lipinski definition) is 6. The summed E-state index contributed by atoms with van der Waals surface area (Å²) in [5.74, 6) is -2.68. The quantitative estimate of drug-likeness (QED) is 0.409. The van der Waals surface area contributed by atoms with Crippen molar-refractivity contribution in [1.82, 2.24) is 4.72 Å². The van der Waals surface area contributed by atoms with E-state index in [1.54, 1.807) is 4.72 Å². The lowest BCUT2D eigenvalue weighted by Gasteiger charge is -2.07. The van der Waals surface area contributed by atoms with Gasteiger partial charge >= 0.3 is 11.9 Å². The number of para-hydroxylation sites is 1. The van der Waals surface area contributed by atoms with Gasteiger partial charge in [0.1, 0.15) is 4.90 Å². The van der Waals surface area contributed by atoms with E-state index in [1.165, 1.54) is 24.3 Å². The monoisotopic (exact) mass is 258 g/mol. The lowest BCUT2D eigenvalue weighted by molar-refractivity contribution is -0.151. The van der Waals surface area contributed by atoms with E-state index in [-0.39, 0.29) is 10.6 Å². The van der Waals surface area contributed by atoms with Crippen molar-refractivity contribution in [3.05, 3.63) is 24.3 Å². The largest absolute Gasteiger partial charge is 0.462 e. The average molecular weight is 258 g/mol. The van der Waals surface area contributed by atoms with Crippen molar-refractivity contribution in [2.45, 2.75) is 4.90 Å². The molecule has 1 amide bonds. The van der Waals surface area contributed by atoms with Crippen LogP contribution >= 0.6 is 0 Å². The molecule has 0 fully saturated rings. The number of methoxy groups -OCH3 is 1. The molecule has 0 saturated carbocycles. The molecule has 17 heavy (non-hydrogen) atoms. The number of carbonyl (C=O) groups is 2. The maximum atomic E-state index is 11.7. The third-order valence-electron chi connectivity index (χ3n) is 1.81. The molecule has 0 aliphatic carbocycles. The van der Waals surface area contributed by atoms with Gasteiger partial charge in [-0.1, -0.05) is 12.1 Å². The topological polar surface area (TPSA) is 116 Å². The number of hydrogen-bond donors (Lipinski definition) is 2. The van der Waals surface area contributed by atoms with Crippen LogP contribution < -0.4 is 10.5 Å². The molecule has 3 N–H and O–H groups in total. The number of nitrogen functional groups attached to an aromatic ring is 1. The summed E-state index contributed by atoms with van der Waals surface area (Å²) in [5, 5.41) is 0. The molecule has 8 heteroatoms. The molecule has 0 bridgehead atoms. The Morgan fingerprint density at radius 1 is 1.29 bits per heavy atom. The second-order valence-corrected chi connectivity index (χ2v) is 4.61. The van der Waals surface area contributed by atoms with Crippen molar-refractivity contribution in [3.63, 3.8) is 0 Å². The lowest BCUT2D eigenvalue weighted by Crippen LogP contribution is -2.36. The van der Waals surface area contributed by atoms with Gasteiger partial charge in [0.2, 0.25) is 0 Å². The summed E-state index contributed by atoms with van der Waals surface area (Å²) < 4.78 is 28.9. The molecule has 0 aliphatic rings. The molecular formula is C9H10N2O5S. The standard InChI is InChI=1S/C9H10N2O5S/c1-16-9(13)8(12)11-17(14,15)7-5-3-2-4-6(7)10/h2-5H,10H2,1H3,(H,11,12). The minimum absolute atomic E-state index is 0.0299. The van der Waals surface area contributed by atoms with Crippen molar-refractivity contribution in [1.29, 1.82) is 0 Å². The first-order chi connectivity index (χ1) is 7.88. The van der Waals surface area contributed by atoms with Crippen LogP contribution in [0.2, 0.25) is 0 Å². The van der Waals surface area contributed by atoms with Crippen molar-refractivity contribution in [2.24, 2.45) is 0 Å². The maximum Gasteiger partial charge on any atom is 0.397 e. The zero-order valence-corrected chi connectivity index (χ0v) is 9.65. The third kappa shape index (κ3) is 2.94. The van der Waals surface area contributed by atoms with Gasteiger partial charge in [0.25, 0.3) is 10.0 Å². The Morgan fingerprint density at radius 3 is 2.41 bits per heavy atom. The fraction of sp³-hybridized carbons (Fsp3) is 0.111. The van der Waals surface area contributed by atoms with Crippen LogP contribution in [0.25, 0.3) is 0 Å². The normalized spacial score (nSPS) is 10.6. The Balaban J connectivity index is 3.02. The van der Waals surface area contributed by atoms with Crippen LogP contribution in [0, 0.1) is 0 Å². The smallest absolute Gasteiger partial charge is 0.397 e. The Hall–Kier alpha value is -2.09. The van der Waals surface area contributed by atoms with Gasteiger partial charge in [-0.3, -0.25) is 4.79 Å². The Morgan fingerprint density at radius 2 is 1.88 bits per heavy atom. The highest BCUT2D eigenvalue weighted by atomic mass is 32.2. The van der Waals surface area contributed by atoms with Gasteiger partial charge in [-0.2, -0.15) is 0 Å². The zero-order valence-electron chi connectivity index (χ0n) is 8.84. The molecule has 92 valence electrons. The summed E-state index contributed by atoms with van der Waals surface area (Å²) in [6.07, 6.45) is 0. The lowest BCUT2D eigenvalue weighted by atomic mass is 10.3. The summed E-state index contributed by atoms with van der Waals surface area (Å²) in [7, 11) is -3.21. The van der Waals surface area contributed by atoms with Crippen LogP contribution in [-0.2, 0) is 24.3 Å². The van der Waals surface area contributed by atoms with Crippen LogP contribution in [0.3, 0.4) is 0 Å². The first-order valence-corrected chi connectivity index (χ1v) is 5.86. The second-order valence-electron chi connectivity index (χ2n) is 2.96. The Kier molecular flexibility index (Phi) is 3.69. The molecule has 1 aromatic rings. The Labute approximate surface area is 97.6 Å². The van der Waals surface area contributed by atoms with E-state index < -0.39 is 21.9 Å². The van der Waals surface area contributed by atoms with Crippen molar-refractivity contribution >= 4 is 27.6 Å². The number of amides is 1. The van der Waals surface area contributed by atoms with Crippen molar-refractivity contribution in [3.8, 4) is 0 Å². The van der Waals surface area contributed by atoms with Crippen LogP contribution in [0.4, 0.5) is 5.69 Å². The summed E-state index contributed by atoms with van der Waals surface area (Å²) in [6, 6.07) is 5.55. The van der Waals surface area contributed by atoms with E-state index in [0.717, 1.165) is 7.11 Å². The molecule has 0 heterocycles. The number of sulfonamides is 1. The minimum atomic E-state index is -4.17. The fourth-order valence-corrected chi connectivity index (χ4v) is 2.11. The van der Waals surface area contributed by atoms with Crippen LogP contribution in [0.15, 0.2) is 29.2 Å². The molecule has 1 aromatic carbocycles. The number of anilines is 1. The molecule has 0 spiro atoms. The van der Waals surface area contributed by atoms with E-state index in [9.17, 15) is 18.0 Å². The van der Waals surface area contributed by atoms with Gasteiger partial charge in [-0.25, -0.2) is 17.9 Å². The predicted molar refractivity (Wildman–Crippen MR) is 58.2 cm³/mol. The van der Waals surface area contributed by atoms with Gasteiger partial charge < -0.3 is 10.5 Å². The van der Waals surface area contributed by atoms with Gasteiger partial charge in [-0.05, 0) is 12.1 Å². The highest BCUT2D eigenvalue weighted by molar-refractivity contribution is 7.90. The van der Waals surface area contributed by atoms with Crippen molar-refractivity contribution in [2.75, 3.05) is 12.8 Å². The van der Waals surface area contributed by atoms with Crippen molar-refractivity contribution < 1.29 is 22.7 Å². The summed E-state index contributed by atoms with van der Waals surface area (Å²) in [6.45, 7) is 0. The Bertz CT molecular complexity index is 552. The predicted octanol–water partition coefficient (Wildman–Crippen LogP) is -0.753. The minimum Gasteiger partial charge on any atom is -0.462 e. The molecule has 7 nitrogen and oxygen atoms in total. The number of carbonyl (C=O) groups excluding carboxylic acids is 2. The molecule has 0 radical (unpaired) electrons. The van der Waals surface area contributed by atoms with E-state index in [0.29, 0.717) is 0 Å². The first kappa shape index (κ1) is 13.0. The molecular weight excluding hydrogens is 248 g/mol. The number of rotatable bonds is 2. The molecule has 0 saturated heterocycles. The molecule has 0 unspecified atom stereocenters. The maximum absolute atomic E-state index is 11.7. The van der Waals surface area contributed by atoms with E-state index >= 15 is 0 Å². The van der Waals surface area contributed by atoms with Gasteiger partial charge in [0.15, 0.2) is 0 Å². The fourth-order valence-electron chi connectivity index (χ4n) is 1.04. The second kappa shape index (κ2) is 4.83. The van der Waals surface area contributed by atoms with E-state index in [2.05, 4.69) is 4.74 Å². The number of esters is 1. The number of nitrogens with two attached hydrogens (primary N) is 1. The third-order valence-corrected chi connectivity index (χ3v) is 3.21. The van der Waals surface area contributed by atoms with Gasteiger partial charge in [-0.15, -0.1) is 0 Å².